The molecule has 10 heteroatoms. The van der Waals surface area contributed by atoms with E-state index in [1.165, 1.54) is 13.1 Å². The van der Waals surface area contributed by atoms with Gasteiger partial charge in [-0.1, -0.05) is 6.08 Å². The van der Waals surface area contributed by atoms with Gasteiger partial charge < -0.3 is 9.67 Å². The van der Waals surface area contributed by atoms with Gasteiger partial charge in [-0.05, 0) is 0 Å². The molecule has 0 saturated heterocycles. The third kappa shape index (κ3) is 3.28. The molecule has 116 valence electrons. The third-order valence-corrected chi connectivity index (χ3v) is 4.47. The molecule has 0 unspecified atom stereocenters. The van der Waals surface area contributed by atoms with Crippen molar-refractivity contribution in [2.45, 2.75) is 4.90 Å². The van der Waals surface area contributed by atoms with E-state index in [1.54, 1.807) is 0 Å². The van der Waals surface area contributed by atoms with Crippen molar-refractivity contribution in [3.05, 3.63) is 39.7 Å². The van der Waals surface area contributed by atoms with Gasteiger partial charge >= 0.3 is 11.7 Å². The number of carboxylic acid groups (broad SMARTS) is 1. The molecule has 9 nitrogen and oxygen atoms in total. The van der Waals surface area contributed by atoms with Crippen molar-refractivity contribution in [3.63, 3.8) is 0 Å². The summed E-state index contributed by atoms with van der Waals surface area (Å²) in [7, 11) is -1.94. The highest BCUT2D eigenvalue weighted by Crippen LogP contribution is 2.10. The zero-order chi connectivity index (χ0) is 16.4. The Balaban J connectivity index is 3.56. The van der Waals surface area contributed by atoms with Crippen LogP contribution in [-0.2, 0) is 28.9 Å². The Morgan fingerprint density at radius 3 is 2.48 bits per heavy atom. The zero-order valence-corrected chi connectivity index (χ0v) is 12.3. The molecule has 0 amide bonds. The first-order chi connectivity index (χ1) is 9.62. The maximum Gasteiger partial charge on any atom is 0.330 e. The highest BCUT2D eigenvalue weighted by atomic mass is 32.2. The van der Waals surface area contributed by atoms with Crippen LogP contribution in [-0.4, -0.2) is 46.0 Å². The van der Waals surface area contributed by atoms with E-state index >= 15 is 0 Å². The smallest absolute Gasteiger partial charge is 0.330 e. The number of nitrogens with zero attached hydrogens (tertiary/aromatic N) is 3. The maximum atomic E-state index is 12.4. The maximum absolute atomic E-state index is 12.4. The van der Waals surface area contributed by atoms with Gasteiger partial charge in [0.15, 0.2) is 4.90 Å². The molecule has 0 fully saturated rings. The zero-order valence-electron chi connectivity index (χ0n) is 11.5. The van der Waals surface area contributed by atoms with Crippen molar-refractivity contribution in [2.75, 3.05) is 13.1 Å². The first-order valence-corrected chi connectivity index (χ1v) is 7.16. The highest BCUT2D eigenvalue weighted by Gasteiger charge is 2.29. The van der Waals surface area contributed by atoms with Gasteiger partial charge in [-0.3, -0.25) is 14.2 Å². The lowest BCUT2D eigenvalue weighted by Crippen LogP contribution is -2.43. The molecule has 21 heavy (non-hydrogen) atoms. The molecule has 0 spiro atoms. The van der Waals surface area contributed by atoms with Gasteiger partial charge in [0.2, 0.25) is 0 Å². The van der Waals surface area contributed by atoms with Gasteiger partial charge in [-0.25, -0.2) is 13.2 Å². The van der Waals surface area contributed by atoms with Crippen molar-refractivity contribution in [2.24, 2.45) is 14.1 Å². The van der Waals surface area contributed by atoms with Gasteiger partial charge in [0, 0.05) is 26.8 Å². The predicted molar refractivity (Wildman–Crippen MR) is 73.5 cm³/mol. The molecule has 1 rings (SSSR count). The van der Waals surface area contributed by atoms with Crippen LogP contribution in [0.4, 0.5) is 0 Å². The summed E-state index contributed by atoms with van der Waals surface area (Å²) < 4.78 is 26.9. The standard InChI is InChI=1S/C11H15N3O6S/c1-4-5-14(7-9(15)16)21(19,20)8-6-12(2)11(18)13(3)10(8)17/h4,6H,1,5,7H2,2-3H3,(H,15,16). The fourth-order valence-corrected chi connectivity index (χ4v) is 3.14. The lowest BCUT2D eigenvalue weighted by Gasteiger charge is -2.18. The summed E-state index contributed by atoms with van der Waals surface area (Å²) in [6, 6.07) is 0. The summed E-state index contributed by atoms with van der Waals surface area (Å²) in [5, 5.41) is 8.76. The molecule has 0 aliphatic rings. The second kappa shape index (κ2) is 6.06. The van der Waals surface area contributed by atoms with Gasteiger partial charge in [0.25, 0.3) is 15.6 Å². The summed E-state index contributed by atoms with van der Waals surface area (Å²) in [6.45, 7) is 2.25. The molecule has 1 N–H and O–H groups in total. The van der Waals surface area contributed by atoms with E-state index in [9.17, 15) is 22.8 Å². The van der Waals surface area contributed by atoms with E-state index in [0.29, 0.717) is 8.87 Å². The quantitative estimate of drug-likeness (QED) is 0.628. The molecule has 1 aromatic rings. The predicted octanol–water partition coefficient (Wildman–Crippen LogP) is -1.65. The van der Waals surface area contributed by atoms with Crippen LogP contribution in [0.2, 0.25) is 0 Å². The Morgan fingerprint density at radius 2 is 2.00 bits per heavy atom. The first kappa shape index (κ1) is 16.9. The Labute approximate surface area is 120 Å². The minimum atomic E-state index is -4.36. The molecule has 0 bridgehead atoms. The van der Waals surface area contributed by atoms with Crippen molar-refractivity contribution >= 4 is 16.0 Å². The van der Waals surface area contributed by atoms with E-state index in [2.05, 4.69) is 6.58 Å². The number of aliphatic carboxylic acids is 1. The fourth-order valence-electron chi connectivity index (χ4n) is 1.63. The third-order valence-electron chi connectivity index (χ3n) is 2.68. The molecule has 0 atom stereocenters. The van der Waals surface area contributed by atoms with E-state index < -0.39 is 38.7 Å². The van der Waals surface area contributed by atoms with Crippen molar-refractivity contribution in [3.8, 4) is 0 Å². The lowest BCUT2D eigenvalue weighted by atomic mass is 10.6. The number of aryl methyl sites for hydroxylation is 1. The molecular formula is C11H15N3O6S. The summed E-state index contributed by atoms with van der Waals surface area (Å²) in [4.78, 5) is 33.6. The number of sulfonamides is 1. The van der Waals surface area contributed by atoms with Crippen LogP contribution < -0.4 is 11.2 Å². The van der Waals surface area contributed by atoms with Gasteiger partial charge in [0.05, 0.1) is 0 Å². The Bertz CT molecular complexity index is 789. The second-order valence-corrected chi connectivity index (χ2v) is 6.14. The molecule has 0 aliphatic carbocycles. The SMILES string of the molecule is C=CCN(CC(=O)O)S(=O)(=O)c1cn(C)c(=O)n(C)c1=O. The van der Waals surface area contributed by atoms with Gasteiger partial charge in [-0.2, -0.15) is 4.31 Å². The average molecular weight is 317 g/mol. The van der Waals surface area contributed by atoms with Crippen LogP contribution in [0.5, 0.6) is 0 Å². The van der Waals surface area contributed by atoms with Crippen molar-refractivity contribution < 1.29 is 18.3 Å². The molecular weight excluding hydrogens is 302 g/mol. The van der Waals surface area contributed by atoms with E-state index in [-0.39, 0.29) is 6.54 Å². The Kier molecular flexibility index (Phi) is 4.86. The largest absolute Gasteiger partial charge is 0.480 e. The van der Waals surface area contributed by atoms with Crippen molar-refractivity contribution in [1.82, 2.24) is 13.4 Å². The highest BCUT2D eigenvalue weighted by molar-refractivity contribution is 7.89. The lowest BCUT2D eigenvalue weighted by molar-refractivity contribution is -0.137. The van der Waals surface area contributed by atoms with Crippen LogP contribution in [0, 0.1) is 0 Å². The number of aromatic nitrogens is 2. The number of carbonyl (C=O) groups is 1. The van der Waals surface area contributed by atoms with Crippen LogP contribution >= 0.6 is 0 Å². The molecule has 1 aromatic heterocycles. The molecule has 1 heterocycles. The van der Waals surface area contributed by atoms with E-state index in [1.807, 2.05) is 0 Å². The van der Waals surface area contributed by atoms with E-state index in [0.717, 1.165) is 17.8 Å². The topological polar surface area (TPSA) is 119 Å². The van der Waals surface area contributed by atoms with Crippen LogP contribution in [0.15, 0.2) is 33.3 Å². The van der Waals surface area contributed by atoms with Crippen LogP contribution in [0.1, 0.15) is 0 Å². The Hall–Kier alpha value is -2.20. The molecule has 0 saturated carbocycles. The van der Waals surface area contributed by atoms with E-state index in [4.69, 9.17) is 5.11 Å². The molecule has 0 radical (unpaired) electrons. The van der Waals surface area contributed by atoms with Gasteiger partial charge in [-0.15, -0.1) is 6.58 Å². The fraction of sp³-hybridized carbons (Fsp3) is 0.364. The monoisotopic (exact) mass is 317 g/mol. The summed E-state index contributed by atoms with van der Waals surface area (Å²) >= 11 is 0. The molecule has 0 aromatic carbocycles. The number of rotatable bonds is 6. The average Bonchev–Trinajstić information content (AvgIpc) is 2.39. The summed E-state index contributed by atoms with van der Waals surface area (Å²) in [5.74, 6) is -1.37. The van der Waals surface area contributed by atoms with Crippen LogP contribution in [0.25, 0.3) is 0 Å². The van der Waals surface area contributed by atoms with Crippen molar-refractivity contribution in [1.29, 1.82) is 0 Å². The first-order valence-electron chi connectivity index (χ1n) is 5.72. The summed E-state index contributed by atoms with van der Waals surface area (Å²) in [6.07, 6.45) is 2.07. The second-order valence-electron chi connectivity index (χ2n) is 4.23. The molecule has 0 aliphatic heterocycles. The number of carboxylic acids is 1. The Morgan fingerprint density at radius 1 is 1.43 bits per heavy atom. The van der Waals surface area contributed by atoms with Crippen LogP contribution in [0.3, 0.4) is 0 Å². The minimum absolute atomic E-state index is 0.277. The number of hydrogen-bond donors (Lipinski definition) is 1. The number of hydrogen-bond acceptors (Lipinski definition) is 5. The van der Waals surface area contributed by atoms with Gasteiger partial charge in [0.1, 0.15) is 6.54 Å². The summed E-state index contributed by atoms with van der Waals surface area (Å²) in [5.41, 5.74) is -1.70. The normalized spacial score (nSPS) is 11.6. The minimum Gasteiger partial charge on any atom is -0.480 e.